The van der Waals surface area contributed by atoms with Gasteiger partial charge in [0.05, 0.1) is 19.1 Å². The topological polar surface area (TPSA) is 66.7 Å². The third kappa shape index (κ3) is 6.29. The Balaban J connectivity index is 0.00000280. The maximum absolute atomic E-state index is 5.50. The number of benzene rings is 1. The molecule has 154 valence electrons. The number of halogens is 1. The van der Waals surface area contributed by atoms with Crippen LogP contribution >= 0.6 is 24.0 Å². The Hall–Kier alpha value is -1.97. The minimum absolute atomic E-state index is 0. The summed E-state index contributed by atoms with van der Waals surface area (Å²) in [5.74, 6) is 1.83. The van der Waals surface area contributed by atoms with Crippen molar-refractivity contribution < 1.29 is 4.74 Å². The molecule has 2 aromatic rings. The molecule has 0 amide bonds. The predicted octanol–water partition coefficient (Wildman–Crippen LogP) is 2.73. The lowest BCUT2D eigenvalue weighted by atomic mass is 10.2. The third-order valence-corrected chi connectivity index (χ3v) is 4.70. The van der Waals surface area contributed by atoms with Gasteiger partial charge in [0.25, 0.3) is 0 Å². The van der Waals surface area contributed by atoms with Crippen molar-refractivity contribution in [2.75, 3.05) is 38.2 Å². The minimum atomic E-state index is 0. The van der Waals surface area contributed by atoms with E-state index in [1.54, 1.807) is 7.11 Å². The first-order valence-electron chi connectivity index (χ1n) is 9.68. The molecular formula is C20H31IN6O. The summed E-state index contributed by atoms with van der Waals surface area (Å²) in [6, 6.07) is 8.58. The number of aryl methyl sites for hydroxylation is 1. The van der Waals surface area contributed by atoms with Gasteiger partial charge in [-0.25, -0.2) is 4.98 Å². The van der Waals surface area contributed by atoms with Crippen LogP contribution in [0.4, 0.5) is 5.69 Å². The zero-order valence-corrected chi connectivity index (χ0v) is 19.0. The molecule has 3 rings (SSSR count). The number of methoxy groups -OCH3 is 1. The van der Waals surface area contributed by atoms with E-state index in [2.05, 4.69) is 44.1 Å². The van der Waals surface area contributed by atoms with Crippen LogP contribution in [-0.2, 0) is 6.54 Å². The average molecular weight is 498 g/mol. The number of imidazole rings is 1. The second-order valence-electron chi connectivity index (χ2n) is 6.66. The van der Waals surface area contributed by atoms with Crippen molar-refractivity contribution in [3.63, 3.8) is 0 Å². The van der Waals surface area contributed by atoms with Crippen molar-refractivity contribution in [2.45, 2.75) is 32.4 Å². The number of para-hydroxylation sites is 2. The first kappa shape index (κ1) is 22.3. The summed E-state index contributed by atoms with van der Waals surface area (Å²) in [4.78, 5) is 11.2. The Morgan fingerprint density at radius 2 is 2.21 bits per heavy atom. The molecule has 0 aliphatic carbocycles. The highest BCUT2D eigenvalue weighted by atomic mass is 127. The van der Waals surface area contributed by atoms with Crippen LogP contribution in [0.5, 0.6) is 5.75 Å². The molecule has 0 spiro atoms. The van der Waals surface area contributed by atoms with E-state index in [0.29, 0.717) is 6.04 Å². The van der Waals surface area contributed by atoms with Crippen LogP contribution < -0.4 is 20.3 Å². The van der Waals surface area contributed by atoms with Gasteiger partial charge in [0.15, 0.2) is 5.96 Å². The summed E-state index contributed by atoms with van der Waals surface area (Å²) < 4.78 is 7.59. The Labute approximate surface area is 184 Å². The molecule has 1 aromatic heterocycles. The van der Waals surface area contributed by atoms with Crippen LogP contribution in [0.1, 0.15) is 19.8 Å². The van der Waals surface area contributed by atoms with Crippen LogP contribution in [0.3, 0.4) is 0 Å². The number of ether oxygens (including phenoxy) is 1. The average Bonchev–Trinajstić information content (AvgIpc) is 3.37. The zero-order valence-electron chi connectivity index (χ0n) is 16.7. The second-order valence-corrected chi connectivity index (χ2v) is 6.66. The molecule has 28 heavy (non-hydrogen) atoms. The molecule has 1 fully saturated rings. The van der Waals surface area contributed by atoms with Gasteiger partial charge in [0, 0.05) is 51.2 Å². The molecule has 1 unspecified atom stereocenters. The van der Waals surface area contributed by atoms with Crippen LogP contribution in [0.15, 0.2) is 48.0 Å². The van der Waals surface area contributed by atoms with Gasteiger partial charge >= 0.3 is 0 Å². The number of aliphatic imine (C=N–C) groups is 1. The summed E-state index contributed by atoms with van der Waals surface area (Å²) in [6.45, 7) is 6.64. The van der Waals surface area contributed by atoms with E-state index in [1.807, 2.05) is 30.9 Å². The first-order chi connectivity index (χ1) is 13.3. The van der Waals surface area contributed by atoms with E-state index in [9.17, 15) is 0 Å². The number of rotatable bonds is 8. The number of anilines is 1. The van der Waals surface area contributed by atoms with E-state index in [1.165, 1.54) is 0 Å². The smallest absolute Gasteiger partial charge is 0.191 e. The van der Waals surface area contributed by atoms with Crippen molar-refractivity contribution in [1.29, 1.82) is 0 Å². The second kappa shape index (κ2) is 11.8. The number of nitrogens with one attached hydrogen (secondary N) is 2. The number of aromatic nitrogens is 2. The third-order valence-electron chi connectivity index (χ3n) is 4.70. The maximum Gasteiger partial charge on any atom is 0.191 e. The first-order valence-corrected chi connectivity index (χ1v) is 9.68. The molecule has 1 aromatic carbocycles. The minimum Gasteiger partial charge on any atom is -0.495 e. The summed E-state index contributed by atoms with van der Waals surface area (Å²) in [7, 11) is 1.73. The van der Waals surface area contributed by atoms with Crippen molar-refractivity contribution >= 4 is 35.6 Å². The fourth-order valence-corrected chi connectivity index (χ4v) is 3.36. The molecule has 2 N–H and O–H groups in total. The Kier molecular flexibility index (Phi) is 9.39. The van der Waals surface area contributed by atoms with Gasteiger partial charge in [0.2, 0.25) is 0 Å². The van der Waals surface area contributed by atoms with Crippen molar-refractivity contribution in [3.8, 4) is 5.75 Å². The van der Waals surface area contributed by atoms with Crippen molar-refractivity contribution in [2.24, 2.45) is 4.99 Å². The quantitative estimate of drug-likeness (QED) is 0.254. The molecule has 8 heteroatoms. The van der Waals surface area contributed by atoms with Crippen molar-refractivity contribution in [1.82, 2.24) is 20.2 Å². The normalized spacial score (nSPS) is 16.6. The molecule has 0 radical (unpaired) electrons. The SMILES string of the molecule is CCNC(=NCCCn1ccnc1)NC1CCN(c2ccccc2OC)C1.I. The van der Waals surface area contributed by atoms with E-state index in [0.717, 1.165) is 63.0 Å². The Morgan fingerprint density at radius 3 is 2.96 bits per heavy atom. The van der Waals surface area contributed by atoms with Gasteiger partial charge in [0.1, 0.15) is 5.75 Å². The van der Waals surface area contributed by atoms with Gasteiger partial charge in [-0.05, 0) is 31.9 Å². The molecule has 0 saturated carbocycles. The highest BCUT2D eigenvalue weighted by Gasteiger charge is 2.25. The van der Waals surface area contributed by atoms with Crippen molar-refractivity contribution in [3.05, 3.63) is 43.0 Å². The lowest BCUT2D eigenvalue weighted by molar-refractivity contribution is 0.415. The molecule has 0 bridgehead atoms. The fourth-order valence-electron chi connectivity index (χ4n) is 3.36. The van der Waals surface area contributed by atoms with Crippen LogP contribution in [0, 0.1) is 0 Å². The van der Waals surface area contributed by atoms with Gasteiger partial charge in [-0.3, -0.25) is 4.99 Å². The predicted molar refractivity (Wildman–Crippen MR) is 125 cm³/mol. The molecule has 1 saturated heterocycles. The maximum atomic E-state index is 5.50. The van der Waals surface area contributed by atoms with Gasteiger partial charge < -0.3 is 24.8 Å². The molecule has 1 aliphatic rings. The van der Waals surface area contributed by atoms with Gasteiger partial charge in [-0.2, -0.15) is 0 Å². The van der Waals surface area contributed by atoms with Gasteiger partial charge in [-0.1, -0.05) is 12.1 Å². The standard InChI is InChI=1S/C20H30N6O.HI/c1-3-22-20(23-10-6-12-25-14-11-21-16-25)24-17-9-13-26(15-17)18-7-4-5-8-19(18)27-2;/h4-5,7-8,11,14,16-17H,3,6,9-10,12-13,15H2,1-2H3,(H2,22,23,24);1H. The van der Waals surface area contributed by atoms with Crippen LogP contribution in [0.25, 0.3) is 0 Å². The summed E-state index contributed by atoms with van der Waals surface area (Å²) in [5, 5.41) is 6.94. The number of nitrogens with zero attached hydrogens (tertiary/aromatic N) is 4. The highest BCUT2D eigenvalue weighted by Crippen LogP contribution is 2.30. The fraction of sp³-hybridized carbons (Fsp3) is 0.500. The molecule has 1 atom stereocenters. The number of hydrogen-bond acceptors (Lipinski definition) is 4. The van der Waals surface area contributed by atoms with E-state index >= 15 is 0 Å². The Morgan fingerprint density at radius 1 is 1.36 bits per heavy atom. The zero-order chi connectivity index (χ0) is 18.9. The highest BCUT2D eigenvalue weighted by molar-refractivity contribution is 14.0. The molecule has 7 nitrogen and oxygen atoms in total. The van der Waals surface area contributed by atoms with Gasteiger partial charge in [-0.15, -0.1) is 24.0 Å². The lowest BCUT2D eigenvalue weighted by Crippen LogP contribution is -2.44. The summed E-state index contributed by atoms with van der Waals surface area (Å²) in [6.07, 6.45) is 7.71. The number of guanidine groups is 1. The van der Waals surface area contributed by atoms with E-state index < -0.39 is 0 Å². The summed E-state index contributed by atoms with van der Waals surface area (Å²) in [5.41, 5.74) is 1.16. The molecule has 1 aliphatic heterocycles. The van der Waals surface area contributed by atoms with E-state index in [-0.39, 0.29) is 24.0 Å². The molecule has 2 heterocycles. The molecular weight excluding hydrogens is 467 g/mol. The van der Waals surface area contributed by atoms with Crippen LogP contribution in [-0.4, -0.2) is 54.8 Å². The van der Waals surface area contributed by atoms with Crippen LogP contribution in [0.2, 0.25) is 0 Å². The summed E-state index contributed by atoms with van der Waals surface area (Å²) >= 11 is 0. The lowest BCUT2D eigenvalue weighted by Gasteiger charge is -2.22. The van der Waals surface area contributed by atoms with E-state index in [4.69, 9.17) is 9.73 Å². The Bertz CT molecular complexity index is 721. The largest absolute Gasteiger partial charge is 0.495 e. The number of hydrogen-bond donors (Lipinski definition) is 2. The monoisotopic (exact) mass is 498 g/mol.